The van der Waals surface area contributed by atoms with Crippen molar-refractivity contribution in [3.8, 4) is 11.3 Å². The molecule has 216 valence electrons. The van der Waals surface area contributed by atoms with Crippen molar-refractivity contribution in [3.63, 3.8) is 0 Å². The largest absolute Gasteiger partial charge is 0.380 e. The summed E-state index contributed by atoms with van der Waals surface area (Å²) in [5.41, 5.74) is 8.88. The average Bonchev–Trinajstić information content (AvgIpc) is 3.61. The van der Waals surface area contributed by atoms with E-state index in [1.165, 1.54) is 12.1 Å². The number of ether oxygens (including phenoxy) is 2. The van der Waals surface area contributed by atoms with Crippen LogP contribution in [0.2, 0.25) is 0 Å². The minimum Gasteiger partial charge on any atom is -0.380 e. The van der Waals surface area contributed by atoms with Crippen molar-refractivity contribution in [3.05, 3.63) is 71.7 Å². The Morgan fingerprint density at radius 1 is 1.05 bits per heavy atom. The topological polar surface area (TPSA) is 99.6 Å². The summed E-state index contributed by atoms with van der Waals surface area (Å²) in [6.45, 7) is 2.16. The predicted octanol–water partition coefficient (Wildman–Crippen LogP) is 6.08. The van der Waals surface area contributed by atoms with Crippen molar-refractivity contribution in [1.29, 1.82) is 0 Å². The van der Waals surface area contributed by atoms with E-state index in [1.54, 1.807) is 49.5 Å². The quantitative estimate of drug-likeness (QED) is 0.281. The third-order valence-corrected chi connectivity index (χ3v) is 9.02. The molecule has 0 saturated heterocycles. The number of nitrogens with one attached hydrogen (secondary N) is 1. The van der Waals surface area contributed by atoms with Crippen LogP contribution in [0, 0.1) is 17.6 Å². The van der Waals surface area contributed by atoms with Gasteiger partial charge in [-0.1, -0.05) is 19.8 Å². The maximum Gasteiger partial charge on any atom is 0.229 e. The molecule has 0 unspecified atom stereocenters. The third kappa shape index (κ3) is 4.98. The maximum atomic E-state index is 15.5. The minimum absolute atomic E-state index is 0.0245. The Morgan fingerprint density at radius 3 is 2.49 bits per heavy atom. The summed E-state index contributed by atoms with van der Waals surface area (Å²) in [7, 11) is 3.31. The SMILES string of the molecule is CO[C@@H]1[C@H](N)C[C@H](c2ccncc2Nc2ncc3ccc(-c4c(F)cc(C5(OC)CCCC5)cc4F)nn23)C[C@@H]1C. The second kappa shape index (κ2) is 11.1. The molecule has 0 spiro atoms. The summed E-state index contributed by atoms with van der Waals surface area (Å²) in [6, 6.07) is 8.05. The Labute approximate surface area is 238 Å². The molecule has 10 heteroatoms. The van der Waals surface area contributed by atoms with Crippen LogP contribution in [0.1, 0.15) is 62.5 Å². The molecule has 3 heterocycles. The number of imidazole rings is 1. The van der Waals surface area contributed by atoms with E-state index in [-0.39, 0.29) is 29.3 Å². The van der Waals surface area contributed by atoms with Crippen molar-refractivity contribution >= 4 is 17.2 Å². The molecule has 2 aliphatic rings. The first-order chi connectivity index (χ1) is 19.8. The summed E-state index contributed by atoms with van der Waals surface area (Å²) in [6.07, 6.45) is 10.3. The fourth-order valence-electron chi connectivity index (χ4n) is 6.95. The van der Waals surface area contributed by atoms with Gasteiger partial charge in [0.25, 0.3) is 0 Å². The Morgan fingerprint density at radius 2 is 1.80 bits per heavy atom. The number of hydrogen-bond donors (Lipinski definition) is 2. The third-order valence-electron chi connectivity index (χ3n) is 9.02. The van der Waals surface area contributed by atoms with Crippen LogP contribution >= 0.6 is 0 Å². The van der Waals surface area contributed by atoms with E-state index in [0.29, 0.717) is 22.9 Å². The second-order valence-electron chi connectivity index (χ2n) is 11.5. The van der Waals surface area contributed by atoms with E-state index in [4.69, 9.17) is 15.2 Å². The van der Waals surface area contributed by atoms with Gasteiger partial charge in [-0.25, -0.2) is 13.8 Å². The highest BCUT2D eigenvalue weighted by molar-refractivity contribution is 5.66. The normalized spacial score (nSPS) is 24.1. The molecule has 6 rings (SSSR count). The zero-order valence-electron chi connectivity index (χ0n) is 23.6. The standard InChI is InChI=1S/C31H36F2N6O2/c1-18-12-19(13-25(34)29(18)40-2)22-8-11-35-17-27(22)37-30-36-16-21-6-7-26(38-39(21)30)28-23(32)14-20(15-24(28)33)31(41-3)9-4-5-10-31/h6-8,11,14-19,25,29H,4-5,9-10,12-13,34H2,1-3H3,(H,36,37)/t18-,19+,25+,29-/m0/s1. The Balaban J connectivity index is 1.32. The lowest BCUT2D eigenvalue weighted by Crippen LogP contribution is -2.45. The van der Waals surface area contributed by atoms with Crippen LogP contribution in [0.25, 0.3) is 16.8 Å². The number of aromatic nitrogens is 4. The van der Waals surface area contributed by atoms with E-state index in [0.717, 1.165) is 49.8 Å². The molecule has 0 bridgehead atoms. The smallest absolute Gasteiger partial charge is 0.229 e. The average molecular weight is 563 g/mol. The molecule has 4 aromatic rings. The lowest BCUT2D eigenvalue weighted by atomic mass is 9.74. The van der Waals surface area contributed by atoms with Gasteiger partial charge in [0.1, 0.15) is 11.6 Å². The van der Waals surface area contributed by atoms with Gasteiger partial charge < -0.3 is 20.5 Å². The first kappa shape index (κ1) is 27.7. The van der Waals surface area contributed by atoms with E-state index < -0.39 is 17.2 Å². The van der Waals surface area contributed by atoms with Crippen molar-refractivity contribution in [2.75, 3.05) is 19.5 Å². The van der Waals surface area contributed by atoms with Crippen molar-refractivity contribution in [1.82, 2.24) is 19.6 Å². The molecule has 3 aromatic heterocycles. The summed E-state index contributed by atoms with van der Waals surface area (Å²) < 4.78 is 43.9. The van der Waals surface area contributed by atoms with Gasteiger partial charge >= 0.3 is 0 Å². The van der Waals surface area contributed by atoms with E-state index in [1.807, 2.05) is 6.07 Å². The minimum atomic E-state index is -0.670. The van der Waals surface area contributed by atoms with E-state index in [2.05, 4.69) is 27.3 Å². The zero-order valence-corrected chi connectivity index (χ0v) is 23.6. The molecule has 0 aliphatic heterocycles. The first-order valence-electron chi connectivity index (χ1n) is 14.2. The van der Waals surface area contributed by atoms with Crippen LogP contribution in [0.4, 0.5) is 20.4 Å². The molecule has 0 amide bonds. The second-order valence-corrected chi connectivity index (χ2v) is 11.5. The summed E-state index contributed by atoms with van der Waals surface area (Å²) in [5.74, 6) is -0.410. The van der Waals surface area contributed by atoms with Crippen LogP contribution in [0.5, 0.6) is 0 Å². The van der Waals surface area contributed by atoms with Gasteiger partial charge in [0.15, 0.2) is 0 Å². The highest BCUT2D eigenvalue weighted by atomic mass is 19.1. The van der Waals surface area contributed by atoms with Crippen LogP contribution < -0.4 is 11.1 Å². The highest BCUT2D eigenvalue weighted by Gasteiger charge is 2.37. The molecule has 2 aliphatic carbocycles. The zero-order chi connectivity index (χ0) is 28.7. The number of pyridine rings is 1. The van der Waals surface area contributed by atoms with Gasteiger partial charge in [0.05, 0.1) is 46.6 Å². The van der Waals surface area contributed by atoms with Crippen molar-refractivity contribution in [2.45, 2.75) is 69.1 Å². The van der Waals surface area contributed by atoms with Gasteiger partial charge in [0.2, 0.25) is 5.95 Å². The van der Waals surface area contributed by atoms with Gasteiger partial charge in [-0.15, -0.1) is 0 Å². The predicted molar refractivity (Wildman–Crippen MR) is 153 cm³/mol. The van der Waals surface area contributed by atoms with Crippen molar-refractivity contribution < 1.29 is 18.3 Å². The van der Waals surface area contributed by atoms with Crippen LogP contribution in [-0.2, 0) is 15.1 Å². The van der Waals surface area contributed by atoms with E-state index in [9.17, 15) is 0 Å². The number of halogens is 2. The van der Waals surface area contributed by atoms with Crippen LogP contribution in [-0.4, -0.2) is 45.9 Å². The molecule has 4 atom stereocenters. The fourth-order valence-corrected chi connectivity index (χ4v) is 6.95. The Hall–Kier alpha value is -3.47. The molecule has 3 N–H and O–H groups in total. The maximum absolute atomic E-state index is 15.5. The first-order valence-corrected chi connectivity index (χ1v) is 14.2. The number of fused-ring (bicyclic) bond motifs is 1. The van der Waals surface area contributed by atoms with Crippen LogP contribution in [0.3, 0.4) is 0 Å². The number of rotatable bonds is 7. The van der Waals surface area contributed by atoms with E-state index >= 15 is 8.78 Å². The molecular formula is C31H36F2N6O2. The number of benzene rings is 1. The number of hydrogen-bond acceptors (Lipinski definition) is 7. The van der Waals surface area contributed by atoms with Gasteiger partial charge in [-0.05, 0) is 79.0 Å². The lowest BCUT2D eigenvalue weighted by Gasteiger charge is -2.38. The fraction of sp³-hybridized carbons (Fsp3) is 0.452. The molecule has 8 nitrogen and oxygen atoms in total. The Kier molecular flexibility index (Phi) is 7.48. The summed E-state index contributed by atoms with van der Waals surface area (Å²) >= 11 is 0. The van der Waals surface area contributed by atoms with Crippen molar-refractivity contribution in [2.24, 2.45) is 11.7 Å². The lowest BCUT2D eigenvalue weighted by molar-refractivity contribution is -0.00914. The van der Waals surface area contributed by atoms with Gasteiger partial charge in [-0.2, -0.15) is 9.61 Å². The monoisotopic (exact) mass is 562 g/mol. The molecule has 0 radical (unpaired) electrons. The summed E-state index contributed by atoms with van der Waals surface area (Å²) in [5, 5.41) is 7.96. The number of nitrogens with two attached hydrogens (primary N) is 1. The molecular weight excluding hydrogens is 526 g/mol. The molecule has 2 saturated carbocycles. The van der Waals surface area contributed by atoms with Gasteiger partial charge in [0, 0.05) is 26.5 Å². The molecule has 41 heavy (non-hydrogen) atoms. The number of methoxy groups -OCH3 is 2. The Bertz CT molecular complexity index is 1520. The number of anilines is 2. The van der Waals surface area contributed by atoms with Crippen LogP contribution in [0.15, 0.2) is 48.9 Å². The van der Waals surface area contributed by atoms with Gasteiger partial charge in [-0.3, -0.25) is 4.98 Å². The molecule has 1 aromatic carbocycles. The number of nitrogens with zero attached hydrogens (tertiary/aromatic N) is 4. The molecule has 2 fully saturated rings. The summed E-state index contributed by atoms with van der Waals surface area (Å²) in [4.78, 5) is 8.84. The highest BCUT2D eigenvalue weighted by Crippen LogP contribution is 2.43.